The minimum Gasteiger partial charge on any atom is -0.340 e. The van der Waals surface area contributed by atoms with E-state index in [2.05, 4.69) is 11.8 Å². The van der Waals surface area contributed by atoms with Crippen LogP contribution < -0.4 is 0 Å². The summed E-state index contributed by atoms with van der Waals surface area (Å²) < 4.78 is 14.6. The molecular weight excluding hydrogens is 219 g/mol. The number of carbonyl (C=O) groups excluding carboxylic acids is 1. The van der Waals surface area contributed by atoms with E-state index in [-0.39, 0.29) is 5.91 Å². The molecule has 0 N–H and O–H groups in total. The highest BCUT2D eigenvalue weighted by Crippen LogP contribution is 2.30. The van der Waals surface area contributed by atoms with E-state index in [1.54, 1.807) is 4.90 Å². The van der Waals surface area contributed by atoms with Crippen LogP contribution in [0.2, 0.25) is 0 Å². The Hall–Kier alpha value is -0.640. The standard InChI is InChI=1S/C13H23FN2O/c1-11-3-7-16(8-4-11)12(17)13(14)5-9-15(2)10-6-13/h11H,3-10H2,1-2H3. The van der Waals surface area contributed by atoms with Crippen molar-refractivity contribution < 1.29 is 9.18 Å². The van der Waals surface area contributed by atoms with Crippen LogP contribution in [0.4, 0.5) is 4.39 Å². The zero-order valence-electron chi connectivity index (χ0n) is 10.9. The Morgan fingerprint density at radius 3 is 2.24 bits per heavy atom. The third kappa shape index (κ3) is 2.79. The van der Waals surface area contributed by atoms with Gasteiger partial charge in [-0.15, -0.1) is 0 Å². The average Bonchev–Trinajstić information content (AvgIpc) is 2.33. The monoisotopic (exact) mass is 242 g/mol. The molecule has 2 rings (SSSR count). The van der Waals surface area contributed by atoms with Crippen LogP contribution in [0.5, 0.6) is 0 Å². The first kappa shape index (κ1) is 12.8. The van der Waals surface area contributed by atoms with Gasteiger partial charge in [0.2, 0.25) is 0 Å². The van der Waals surface area contributed by atoms with Crippen molar-refractivity contribution in [1.29, 1.82) is 0 Å². The molecule has 0 aromatic rings. The van der Waals surface area contributed by atoms with Crippen LogP contribution in [0.1, 0.15) is 32.6 Å². The lowest BCUT2D eigenvalue weighted by molar-refractivity contribution is -0.148. The summed E-state index contributed by atoms with van der Waals surface area (Å²) in [5, 5.41) is 0. The van der Waals surface area contributed by atoms with Gasteiger partial charge in [-0.3, -0.25) is 4.79 Å². The largest absolute Gasteiger partial charge is 0.340 e. The van der Waals surface area contributed by atoms with Crippen LogP contribution in [0.15, 0.2) is 0 Å². The van der Waals surface area contributed by atoms with Gasteiger partial charge >= 0.3 is 0 Å². The quantitative estimate of drug-likeness (QED) is 0.698. The minimum absolute atomic E-state index is 0.252. The number of amides is 1. The Morgan fingerprint density at radius 1 is 1.18 bits per heavy atom. The van der Waals surface area contributed by atoms with Crippen LogP contribution in [0.25, 0.3) is 0 Å². The number of nitrogens with zero attached hydrogens (tertiary/aromatic N) is 2. The second-order valence-corrected chi connectivity index (χ2v) is 5.74. The van der Waals surface area contributed by atoms with Crippen LogP contribution in [-0.4, -0.2) is 54.6 Å². The van der Waals surface area contributed by atoms with Crippen LogP contribution in [0.3, 0.4) is 0 Å². The van der Waals surface area contributed by atoms with Crippen LogP contribution >= 0.6 is 0 Å². The first-order valence-electron chi connectivity index (χ1n) is 6.68. The maximum absolute atomic E-state index is 14.6. The number of hydrogen-bond donors (Lipinski definition) is 0. The van der Waals surface area contributed by atoms with Crippen molar-refractivity contribution >= 4 is 5.91 Å². The molecule has 2 heterocycles. The predicted octanol–water partition coefficient (Wildman–Crippen LogP) is 1.68. The molecule has 98 valence electrons. The van der Waals surface area contributed by atoms with Crippen molar-refractivity contribution in [3.8, 4) is 0 Å². The van der Waals surface area contributed by atoms with Gasteiger partial charge in [-0.1, -0.05) is 6.92 Å². The van der Waals surface area contributed by atoms with E-state index in [0.717, 1.165) is 25.9 Å². The first-order valence-corrected chi connectivity index (χ1v) is 6.68. The molecule has 0 unspecified atom stereocenters. The van der Waals surface area contributed by atoms with Crippen LogP contribution in [-0.2, 0) is 4.79 Å². The molecule has 3 nitrogen and oxygen atoms in total. The Morgan fingerprint density at radius 2 is 1.71 bits per heavy atom. The molecule has 0 aliphatic carbocycles. The summed E-state index contributed by atoms with van der Waals surface area (Å²) in [6.45, 7) is 5.05. The normalized spacial score (nSPS) is 27.1. The molecule has 0 aromatic carbocycles. The van der Waals surface area contributed by atoms with Gasteiger partial charge in [0.25, 0.3) is 5.91 Å². The third-order valence-electron chi connectivity index (χ3n) is 4.23. The summed E-state index contributed by atoms with van der Waals surface area (Å²) in [6, 6.07) is 0. The van der Waals surface area contributed by atoms with Gasteiger partial charge in [0.15, 0.2) is 5.67 Å². The van der Waals surface area contributed by atoms with Crippen molar-refractivity contribution in [2.24, 2.45) is 5.92 Å². The van der Waals surface area contributed by atoms with Crippen molar-refractivity contribution in [3.05, 3.63) is 0 Å². The number of halogens is 1. The molecule has 0 saturated carbocycles. The predicted molar refractivity (Wildman–Crippen MR) is 65.5 cm³/mol. The van der Waals surface area contributed by atoms with E-state index < -0.39 is 5.67 Å². The second-order valence-electron chi connectivity index (χ2n) is 5.74. The fourth-order valence-corrected chi connectivity index (χ4v) is 2.68. The SMILES string of the molecule is CC1CCN(C(=O)C2(F)CCN(C)CC2)CC1. The average molecular weight is 242 g/mol. The molecule has 0 bridgehead atoms. The Labute approximate surface area is 103 Å². The van der Waals surface area contributed by atoms with Crippen molar-refractivity contribution in [3.63, 3.8) is 0 Å². The summed E-state index contributed by atoms with van der Waals surface area (Å²) in [6.07, 6.45) is 2.74. The van der Waals surface area contributed by atoms with Gasteiger partial charge in [0.05, 0.1) is 0 Å². The fourth-order valence-electron chi connectivity index (χ4n) is 2.68. The van der Waals surface area contributed by atoms with Crippen molar-refractivity contribution in [1.82, 2.24) is 9.80 Å². The van der Waals surface area contributed by atoms with Gasteiger partial charge < -0.3 is 9.80 Å². The third-order valence-corrected chi connectivity index (χ3v) is 4.23. The molecule has 2 saturated heterocycles. The van der Waals surface area contributed by atoms with E-state index in [0.29, 0.717) is 31.8 Å². The second kappa shape index (κ2) is 4.92. The molecular formula is C13H23FN2O. The van der Waals surface area contributed by atoms with E-state index in [4.69, 9.17) is 0 Å². The highest BCUT2D eigenvalue weighted by Gasteiger charge is 2.43. The lowest BCUT2D eigenvalue weighted by Gasteiger charge is -2.39. The summed E-state index contributed by atoms with van der Waals surface area (Å²) >= 11 is 0. The summed E-state index contributed by atoms with van der Waals surface area (Å²) in [5.74, 6) is 0.421. The number of likely N-dealkylation sites (tertiary alicyclic amines) is 2. The van der Waals surface area contributed by atoms with Gasteiger partial charge in [0.1, 0.15) is 0 Å². The molecule has 0 spiro atoms. The number of piperidine rings is 2. The number of rotatable bonds is 1. The molecule has 4 heteroatoms. The van der Waals surface area contributed by atoms with Gasteiger partial charge in [-0.2, -0.15) is 0 Å². The van der Waals surface area contributed by atoms with E-state index in [1.807, 2.05) is 7.05 Å². The maximum Gasteiger partial charge on any atom is 0.260 e. The zero-order chi connectivity index (χ0) is 12.5. The van der Waals surface area contributed by atoms with E-state index >= 15 is 0 Å². The molecule has 17 heavy (non-hydrogen) atoms. The van der Waals surface area contributed by atoms with Gasteiger partial charge in [0, 0.05) is 39.0 Å². The highest BCUT2D eigenvalue weighted by molar-refractivity contribution is 5.85. The molecule has 0 radical (unpaired) electrons. The Balaban J connectivity index is 1.94. The zero-order valence-corrected chi connectivity index (χ0v) is 10.9. The molecule has 2 aliphatic rings. The van der Waals surface area contributed by atoms with Crippen molar-refractivity contribution in [2.75, 3.05) is 33.2 Å². The lowest BCUT2D eigenvalue weighted by Crippen LogP contribution is -2.53. The fraction of sp³-hybridized carbons (Fsp3) is 0.923. The first-order chi connectivity index (χ1) is 8.01. The number of alkyl halides is 1. The Bertz CT molecular complexity index is 279. The van der Waals surface area contributed by atoms with Crippen molar-refractivity contribution in [2.45, 2.75) is 38.3 Å². The van der Waals surface area contributed by atoms with Crippen LogP contribution in [0, 0.1) is 5.92 Å². The highest BCUT2D eigenvalue weighted by atomic mass is 19.1. The number of hydrogen-bond acceptors (Lipinski definition) is 2. The topological polar surface area (TPSA) is 23.6 Å². The lowest BCUT2D eigenvalue weighted by atomic mass is 9.90. The molecule has 0 aromatic heterocycles. The smallest absolute Gasteiger partial charge is 0.260 e. The minimum atomic E-state index is -1.59. The van der Waals surface area contributed by atoms with Gasteiger partial charge in [-0.25, -0.2) is 4.39 Å². The maximum atomic E-state index is 14.6. The summed E-state index contributed by atoms with van der Waals surface area (Å²) in [7, 11) is 1.98. The summed E-state index contributed by atoms with van der Waals surface area (Å²) in [4.78, 5) is 16.0. The van der Waals surface area contributed by atoms with E-state index in [9.17, 15) is 9.18 Å². The molecule has 2 fully saturated rings. The Kier molecular flexibility index (Phi) is 3.71. The molecule has 1 amide bonds. The molecule has 2 aliphatic heterocycles. The molecule has 0 atom stereocenters. The number of carbonyl (C=O) groups is 1. The van der Waals surface area contributed by atoms with E-state index in [1.165, 1.54) is 0 Å². The van der Waals surface area contributed by atoms with Gasteiger partial charge in [-0.05, 0) is 25.8 Å². The summed E-state index contributed by atoms with van der Waals surface area (Å²) in [5.41, 5.74) is -1.59.